The third-order valence-corrected chi connectivity index (χ3v) is 10.1. The number of esters is 2. The van der Waals surface area contributed by atoms with Gasteiger partial charge in [-0.05, 0) is 44.9 Å². The first-order chi connectivity index (χ1) is 26.1. The normalized spacial score (nSPS) is 13.1. The van der Waals surface area contributed by atoms with Gasteiger partial charge in [-0.1, -0.05) is 160 Å². The molecule has 1 N–H and O–H groups in total. The standard InChI is InChI=1S/C46H85NO7/c1-6-8-10-12-14-16-18-20-22-23-25-27-29-31-33-35-37-45(49)54-42(40-52-39-38-43(46(50)51)47(3,4)5)41-53-44(48)36-34-32-30-28-26-24-21-19-17-15-13-11-9-7-2/h16,18,22-23,42-43H,6-15,17,19-21,24-41H2,1-5H3/p+1/b18-16-,23-22-. The summed E-state index contributed by atoms with van der Waals surface area (Å²) >= 11 is 0. The van der Waals surface area contributed by atoms with E-state index < -0.39 is 18.1 Å². The lowest BCUT2D eigenvalue weighted by atomic mass is 10.0. The van der Waals surface area contributed by atoms with Crippen molar-refractivity contribution in [2.24, 2.45) is 0 Å². The Bertz CT molecular complexity index is 942. The third kappa shape index (κ3) is 35.5. The number of carboxylic acids is 1. The lowest BCUT2D eigenvalue weighted by Gasteiger charge is -2.31. The molecule has 0 heterocycles. The Morgan fingerprint density at radius 1 is 0.556 bits per heavy atom. The maximum Gasteiger partial charge on any atom is 0.362 e. The second kappa shape index (κ2) is 37.7. The molecule has 316 valence electrons. The van der Waals surface area contributed by atoms with Crippen molar-refractivity contribution in [1.82, 2.24) is 0 Å². The summed E-state index contributed by atoms with van der Waals surface area (Å²) in [6.45, 7) is 4.72. The summed E-state index contributed by atoms with van der Waals surface area (Å²) in [5.41, 5.74) is 0. The molecular formula is C46H86NO7+. The number of hydrogen-bond donors (Lipinski definition) is 1. The minimum absolute atomic E-state index is 0.0524. The van der Waals surface area contributed by atoms with Crippen molar-refractivity contribution in [1.29, 1.82) is 0 Å². The Labute approximate surface area is 332 Å². The molecule has 0 bridgehead atoms. The molecule has 0 aromatic carbocycles. The molecule has 0 aromatic heterocycles. The number of rotatable bonds is 40. The van der Waals surface area contributed by atoms with Gasteiger partial charge in [0.05, 0.1) is 34.4 Å². The highest BCUT2D eigenvalue weighted by atomic mass is 16.6. The second-order valence-electron chi connectivity index (χ2n) is 16.3. The van der Waals surface area contributed by atoms with E-state index in [0.717, 1.165) is 64.2 Å². The van der Waals surface area contributed by atoms with Crippen molar-refractivity contribution < 1.29 is 38.2 Å². The van der Waals surface area contributed by atoms with Crippen LogP contribution in [0, 0.1) is 0 Å². The van der Waals surface area contributed by atoms with Gasteiger partial charge in [-0.2, -0.15) is 0 Å². The fourth-order valence-corrected chi connectivity index (χ4v) is 6.59. The van der Waals surface area contributed by atoms with Crippen LogP contribution < -0.4 is 0 Å². The van der Waals surface area contributed by atoms with Crippen LogP contribution in [0.1, 0.15) is 200 Å². The van der Waals surface area contributed by atoms with Crippen LogP contribution in [-0.4, -0.2) is 80.6 Å². The van der Waals surface area contributed by atoms with Crippen LogP contribution >= 0.6 is 0 Å². The zero-order valence-corrected chi connectivity index (χ0v) is 35.9. The van der Waals surface area contributed by atoms with E-state index in [4.69, 9.17) is 14.2 Å². The van der Waals surface area contributed by atoms with Gasteiger partial charge in [-0.15, -0.1) is 0 Å². The van der Waals surface area contributed by atoms with Crippen molar-refractivity contribution in [2.75, 3.05) is 41.0 Å². The highest BCUT2D eigenvalue weighted by Gasteiger charge is 2.31. The van der Waals surface area contributed by atoms with Crippen molar-refractivity contribution in [3.05, 3.63) is 24.3 Å². The summed E-state index contributed by atoms with van der Waals surface area (Å²) in [5.74, 6) is -1.47. The van der Waals surface area contributed by atoms with Crippen LogP contribution in [0.15, 0.2) is 24.3 Å². The molecule has 0 fully saturated rings. The molecule has 0 radical (unpaired) electrons. The predicted molar refractivity (Wildman–Crippen MR) is 225 cm³/mol. The summed E-state index contributed by atoms with van der Waals surface area (Å²) in [6.07, 6.45) is 40.7. The van der Waals surface area contributed by atoms with E-state index in [2.05, 4.69) is 38.2 Å². The number of carboxylic acid groups (broad SMARTS) is 1. The Hall–Kier alpha value is -2.19. The number of aliphatic carboxylic acids is 1. The van der Waals surface area contributed by atoms with Crippen LogP contribution in [0.2, 0.25) is 0 Å². The SMILES string of the molecule is CCCCCC/C=C\C/C=C\CCCCCCCC(=O)OC(COCCC(C(=O)O)[N+](C)(C)C)COC(=O)CCCCCCCCCCCCCCCC. The average Bonchev–Trinajstić information content (AvgIpc) is 3.12. The number of nitrogens with zero attached hydrogens (tertiary/aromatic N) is 1. The molecule has 0 aliphatic rings. The number of hydrogen-bond acceptors (Lipinski definition) is 6. The van der Waals surface area contributed by atoms with E-state index >= 15 is 0 Å². The van der Waals surface area contributed by atoms with E-state index in [0.29, 0.717) is 19.3 Å². The molecule has 2 unspecified atom stereocenters. The summed E-state index contributed by atoms with van der Waals surface area (Å²) < 4.78 is 17.3. The van der Waals surface area contributed by atoms with Crippen LogP contribution in [-0.2, 0) is 28.6 Å². The van der Waals surface area contributed by atoms with Gasteiger partial charge in [0.15, 0.2) is 12.1 Å². The smallest absolute Gasteiger partial charge is 0.362 e. The summed E-state index contributed by atoms with van der Waals surface area (Å²) in [7, 11) is 5.53. The molecule has 8 heteroatoms. The molecule has 0 aliphatic carbocycles. The monoisotopic (exact) mass is 765 g/mol. The summed E-state index contributed by atoms with van der Waals surface area (Å²) in [5, 5.41) is 9.61. The highest BCUT2D eigenvalue weighted by molar-refractivity contribution is 5.72. The van der Waals surface area contributed by atoms with Gasteiger partial charge >= 0.3 is 17.9 Å². The first kappa shape index (κ1) is 51.8. The number of ether oxygens (including phenoxy) is 3. The molecule has 0 aliphatic heterocycles. The minimum atomic E-state index is -0.876. The number of carbonyl (C=O) groups excluding carboxylic acids is 2. The largest absolute Gasteiger partial charge is 0.477 e. The lowest BCUT2D eigenvalue weighted by molar-refractivity contribution is -0.887. The molecular weight excluding hydrogens is 679 g/mol. The summed E-state index contributed by atoms with van der Waals surface area (Å²) in [6, 6.07) is -0.614. The Balaban J connectivity index is 4.35. The lowest BCUT2D eigenvalue weighted by Crippen LogP contribution is -2.50. The second-order valence-corrected chi connectivity index (χ2v) is 16.3. The highest BCUT2D eigenvalue weighted by Crippen LogP contribution is 2.15. The van der Waals surface area contributed by atoms with Crippen molar-refractivity contribution in [3.63, 3.8) is 0 Å². The zero-order valence-electron chi connectivity index (χ0n) is 35.9. The maximum atomic E-state index is 12.7. The van der Waals surface area contributed by atoms with E-state index in [9.17, 15) is 19.5 Å². The molecule has 54 heavy (non-hydrogen) atoms. The number of unbranched alkanes of at least 4 members (excludes halogenated alkanes) is 22. The van der Waals surface area contributed by atoms with Crippen LogP contribution in [0.4, 0.5) is 0 Å². The van der Waals surface area contributed by atoms with Crippen molar-refractivity contribution >= 4 is 17.9 Å². The van der Waals surface area contributed by atoms with Gasteiger partial charge in [-0.25, -0.2) is 4.79 Å². The van der Waals surface area contributed by atoms with Gasteiger partial charge in [-0.3, -0.25) is 9.59 Å². The Kier molecular flexibility index (Phi) is 36.2. The van der Waals surface area contributed by atoms with Gasteiger partial charge in [0, 0.05) is 19.3 Å². The van der Waals surface area contributed by atoms with Gasteiger partial charge in [0.1, 0.15) is 6.61 Å². The van der Waals surface area contributed by atoms with Gasteiger partial charge in [0.25, 0.3) is 0 Å². The third-order valence-electron chi connectivity index (χ3n) is 10.1. The minimum Gasteiger partial charge on any atom is -0.477 e. The number of allylic oxidation sites excluding steroid dienone is 4. The molecule has 0 saturated heterocycles. The van der Waals surface area contributed by atoms with Crippen molar-refractivity contribution in [3.8, 4) is 0 Å². The van der Waals surface area contributed by atoms with E-state index in [1.54, 1.807) is 0 Å². The molecule has 0 saturated carbocycles. The topological polar surface area (TPSA) is 99.1 Å². The fourth-order valence-electron chi connectivity index (χ4n) is 6.59. The van der Waals surface area contributed by atoms with E-state index in [1.165, 1.54) is 103 Å². The predicted octanol–water partition coefficient (Wildman–Crippen LogP) is 12.1. The number of quaternary nitrogens is 1. The van der Waals surface area contributed by atoms with E-state index in [-0.39, 0.29) is 36.2 Å². The Morgan fingerprint density at radius 3 is 1.44 bits per heavy atom. The Morgan fingerprint density at radius 2 is 0.981 bits per heavy atom. The zero-order chi connectivity index (χ0) is 40.0. The summed E-state index contributed by atoms with van der Waals surface area (Å²) in [4.78, 5) is 37.0. The van der Waals surface area contributed by atoms with Gasteiger partial charge < -0.3 is 23.8 Å². The molecule has 2 atom stereocenters. The number of carbonyl (C=O) groups is 3. The van der Waals surface area contributed by atoms with Crippen molar-refractivity contribution in [2.45, 2.75) is 212 Å². The molecule has 8 nitrogen and oxygen atoms in total. The van der Waals surface area contributed by atoms with Crippen LogP contribution in [0.3, 0.4) is 0 Å². The van der Waals surface area contributed by atoms with Crippen LogP contribution in [0.5, 0.6) is 0 Å². The van der Waals surface area contributed by atoms with Gasteiger partial charge in [0.2, 0.25) is 0 Å². The average molecular weight is 765 g/mol. The maximum absolute atomic E-state index is 12.7. The molecule has 0 rings (SSSR count). The fraction of sp³-hybridized carbons (Fsp3) is 0.848. The first-order valence-corrected chi connectivity index (χ1v) is 22.4. The first-order valence-electron chi connectivity index (χ1n) is 22.4. The van der Waals surface area contributed by atoms with Crippen LogP contribution in [0.25, 0.3) is 0 Å². The molecule has 0 aromatic rings. The van der Waals surface area contributed by atoms with E-state index in [1.807, 2.05) is 21.1 Å². The molecule has 0 spiro atoms. The quantitative estimate of drug-likeness (QED) is 0.0287. The number of likely N-dealkylation sites (N-methyl/N-ethyl adjacent to an activating group) is 1. The molecule has 0 amide bonds.